The molecule has 1 amide bonds. The number of allylic oxidation sites excluding steroid dienone is 2. The number of nitrogens with zero attached hydrogens (tertiary/aromatic N) is 2. The number of hydrogen-bond donors (Lipinski definition) is 2. The van der Waals surface area contributed by atoms with Gasteiger partial charge in [0.2, 0.25) is 11.9 Å². The molecule has 0 aromatic carbocycles. The summed E-state index contributed by atoms with van der Waals surface area (Å²) in [5.41, 5.74) is 0. The number of carbonyl (C=O) groups excluding carboxylic acids is 1. The van der Waals surface area contributed by atoms with Crippen LogP contribution in [0.3, 0.4) is 0 Å². The molecule has 2 atom stereocenters. The van der Waals surface area contributed by atoms with Gasteiger partial charge in [-0.05, 0) is 18.9 Å². The lowest BCUT2D eigenvalue weighted by Crippen LogP contribution is -2.35. The molecular formula is C12H13N3O3. The van der Waals surface area contributed by atoms with E-state index in [1.807, 2.05) is 6.08 Å². The molecule has 0 bridgehead atoms. The van der Waals surface area contributed by atoms with E-state index in [4.69, 9.17) is 5.11 Å². The lowest BCUT2D eigenvalue weighted by atomic mass is 9.82. The summed E-state index contributed by atoms with van der Waals surface area (Å²) in [5.74, 6) is -2.36. The highest BCUT2D eigenvalue weighted by atomic mass is 16.4. The molecule has 0 aliphatic heterocycles. The highest BCUT2D eigenvalue weighted by Crippen LogP contribution is 2.26. The first kappa shape index (κ1) is 12.2. The van der Waals surface area contributed by atoms with E-state index in [2.05, 4.69) is 15.3 Å². The molecule has 94 valence electrons. The third-order valence-electron chi connectivity index (χ3n) is 2.89. The van der Waals surface area contributed by atoms with Crippen LogP contribution >= 0.6 is 0 Å². The average Bonchev–Trinajstić information content (AvgIpc) is 2.40. The summed E-state index contributed by atoms with van der Waals surface area (Å²) in [5, 5.41) is 11.6. The van der Waals surface area contributed by atoms with E-state index in [0.29, 0.717) is 12.8 Å². The Balaban J connectivity index is 2.08. The summed E-state index contributed by atoms with van der Waals surface area (Å²) in [6.45, 7) is 0. The van der Waals surface area contributed by atoms with Gasteiger partial charge in [0.05, 0.1) is 11.8 Å². The third kappa shape index (κ3) is 2.71. The van der Waals surface area contributed by atoms with Crippen LogP contribution in [0.2, 0.25) is 0 Å². The Hall–Kier alpha value is -2.24. The van der Waals surface area contributed by atoms with Crippen LogP contribution in [0, 0.1) is 11.8 Å². The Morgan fingerprint density at radius 2 is 1.78 bits per heavy atom. The predicted octanol–water partition coefficient (Wildman–Crippen LogP) is 1.08. The maximum atomic E-state index is 12.0. The molecule has 0 spiro atoms. The van der Waals surface area contributed by atoms with E-state index in [-0.39, 0.29) is 11.9 Å². The van der Waals surface area contributed by atoms with Gasteiger partial charge in [0, 0.05) is 12.4 Å². The van der Waals surface area contributed by atoms with E-state index < -0.39 is 17.8 Å². The Labute approximate surface area is 104 Å². The van der Waals surface area contributed by atoms with E-state index in [0.717, 1.165) is 0 Å². The monoisotopic (exact) mass is 247 g/mol. The van der Waals surface area contributed by atoms with E-state index >= 15 is 0 Å². The second-order valence-electron chi connectivity index (χ2n) is 4.06. The van der Waals surface area contributed by atoms with Gasteiger partial charge in [-0.2, -0.15) is 0 Å². The number of aliphatic carboxylic acids is 1. The zero-order valence-corrected chi connectivity index (χ0v) is 9.61. The van der Waals surface area contributed by atoms with Gasteiger partial charge in [0.15, 0.2) is 0 Å². The Morgan fingerprint density at radius 3 is 2.39 bits per heavy atom. The first-order valence-corrected chi connectivity index (χ1v) is 5.64. The molecule has 1 aliphatic carbocycles. The Morgan fingerprint density at radius 1 is 1.17 bits per heavy atom. The van der Waals surface area contributed by atoms with Crippen LogP contribution in [-0.2, 0) is 9.59 Å². The van der Waals surface area contributed by atoms with Gasteiger partial charge in [-0.1, -0.05) is 12.2 Å². The normalized spacial score (nSPS) is 22.4. The fourth-order valence-electron chi connectivity index (χ4n) is 1.94. The highest BCUT2D eigenvalue weighted by molar-refractivity contribution is 5.94. The summed E-state index contributed by atoms with van der Waals surface area (Å²) >= 11 is 0. The van der Waals surface area contributed by atoms with Crippen LogP contribution in [0.15, 0.2) is 30.6 Å². The minimum atomic E-state index is -0.950. The van der Waals surface area contributed by atoms with Gasteiger partial charge in [-0.25, -0.2) is 9.97 Å². The lowest BCUT2D eigenvalue weighted by molar-refractivity contribution is -0.146. The van der Waals surface area contributed by atoms with Gasteiger partial charge in [0.25, 0.3) is 0 Å². The van der Waals surface area contributed by atoms with Crippen LogP contribution in [0.1, 0.15) is 12.8 Å². The molecule has 18 heavy (non-hydrogen) atoms. The summed E-state index contributed by atoms with van der Waals surface area (Å²) in [7, 11) is 0. The van der Waals surface area contributed by atoms with Crippen molar-refractivity contribution in [1.82, 2.24) is 9.97 Å². The van der Waals surface area contributed by atoms with Crippen molar-refractivity contribution in [3.05, 3.63) is 30.6 Å². The van der Waals surface area contributed by atoms with Gasteiger partial charge in [-0.3, -0.25) is 14.9 Å². The van der Waals surface area contributed by atoms with E-state index in [9.17, 15) is 9.59 Å². The molecule has 1 aromatic rings. The van der Waals surface area contributed by atoms with Crippen molar-refractivity contribution >= 4 is 17.8 Å². The minimum absolute atomic E-state index is 0.196. The van der Waals surface area contributed by atoms with Crippen molar-refractivity contribution in [1.29, 1.82) is 0 Å². The smallest absolute Gasteiger partial charge is 0.307 e. The van der Waals surface area contributed by atoms with E-state index in [1.54, 1.807) is 12.1 Å². The van der Waals surface area contributed by atoms with Crippen molar-refractivity contribution in [3.63, 3.8) is 0 Å². The number of hydrogen-bond acceptors (Lipinski definition) is 4. The van der Waals surface area contributed by atoms with Gasteiger partial charge in [-0.15, -0.1) is 0 Å². The van der Waals surface area contributed by atoms with Crippen molar-refractivity contribution in [2.45, 2.75) is 12.8 Å². The van der Waals surface area contributed by atoms with Gasteiger partial charge >= 0.3 is 5.97 Å². The lowest BCUT2D eigenvalue weighted by Gasteiger charge is -2.23. The molecule has 0 unspecified atom stereocenters. The minimum Gasteiger partial charge on any atom is -0.481 e. The molecule has 1 aliphatic rings. The van der Waals surface area contributed by atoms with Crippen molar-refractivity contribution in [3.8, 4) is 0 Å². The molecule has 6 heteroatoms. The van der Waals surface area contributed by atoms with Crippen LogP contribution in [0.5, 0.6) is 0 Å². The van der Waals surface area contributed by atoms with Crippen molar-refractivity contribution in [2.75, 3.05) is 5.32 Å². The maximum absolute atomic E-state index is 12.0. The zero-order chi connectivity index (χ0) is 13.0. The number of nitrogens with one attached hydrogen (secondary N) is 1. The number of aromatic nitrogens is 2. The average molecular weight is 247 g/mol. The highest BCUT2D eigenvalue weighted by Gasteiger charge is 2.34. The van der Waals surface area contributed by atoms with Gasteiger partial charge in [0.1, 0.15) is 0 Å². The van der Waals surface area contributed by atoms with Crippen molar-refractivity contribution in [2.24, 2.45) is 11.8 Å². The fraction of sp³-hybridized carbons (Fsp3) is 0.333. The third-order valence-corrected chi connectivity index (χ3v) is 2.89. The Bertz CT molecular complexity index is 473. The Kier molecular flexibility index (Phi) is 3.66. The van der Waals surface area contributed by atoms with Crippen LogP contribution < -0.4 is 5.32 Å². The van der Waals surface area contributed by atoms with E-state index in [1.165, 1.54) is 12.4 Å². The second kappa shape index (κ2) is 5.39. The summed E-state index contributed by atoms with van der Waals surface area (Å²) < 4.78 is 0. The van der Waals surface area contributed by atoms with Crippen LogP contribution in [-0.4, -0.2) is 27.0 Å². The van der Waals surface area contributed by atoms with Crippen LogP contribution in [0.25, 0.3) is 0 Å². The molecule has 1 aromatic heterocycles. The summed E-state index contributed by atoms with van der Waals surface area (Å²) in [4.78, 5) is 30.8. The molecule has 0 fully saturated rings. The van der Waals surface area contributed by atoms with Crippen LogP contribution in [0.4, 0.5) is 5.95 Å². The van der Waals surface area contributed by atoms with Crippen molar-refractivity contribution < 1.29 is 14.7 Å². The molecule has 0 saturated heterocycles. The zero-order valence-electron chi connectivity index (χ0n) is 9.61. The standard InChI is InChI=1S/C12H13N3O3/c16-10(15-12-13-6-3-7-14-12)8-4-1-2-5-9(8)11(17)18/h1-3,6-9H,4-5H2,(H,17,18)(H,13,14,15,16)/t8-,9+/m0/s1. The predicted molar refractivity (Wildman–Crippen MR) is 63.7 cm³/mol. The number of anilines is 1. The largest absolute Gasteiger partial charge is 0.481 e. The fourth-order valence-corrected chi connectivity index (χ4v) is 1.94. The molecule has 0 saturated carbocycles. The maximum Gasteiger partial charge on any atom is 0.307 e. The second-order valence-corrected chi connectivity index (χ2v) is 4.06. The quantitative estimate of drug-likeness (QED) is 0.780. The molecular weight excluding hydrogens is 234 g/mol. The summed E-state index contributed by atoms with van der Waals surface area (Å²) in [6, 6.07) is 1.64. The molecule has 2 rings (SSSR count). The molecule has 0 radical (unpaired) electrons. The number of carboxylic acids is 1. The topological polar surface area (TPSA) is 92.2 Å². The molecule has 6 nitrogen and oxygen atoms in total. The number of rotatable bonds is 3. The number of amides is 1. The first-order valence-electron chi connectivity index (χ1n) is 5.64. The first-order chi connectivity index (χ1) is 8.68. The summed E-state index contributed by atoms with van der Waals surface area (Å²) in [6.07, 6.45) is 7.45. The molecule has 2 N–H and O–H groups in total. The number of carbonyl (C=O) groups is 2. The SMILES string of the molecule is O=C(Nc1ncccn1)[C@H]1CC=CC[C@H]1C(=O)O. The van der Waals surface area contributed by atoms with Gasteiger partial charge < -0.3 is 5.11 Å². The molecule has 1 heterocycles. The number of carboxylic acid groups (broad SMARTS) is 1.